The average Bonchev–Trinajstić information content (AvgIpc) is 3.09. The van der Waals surface area contributed by atoms with Gasteiger partial charge in [0.15, 0.2) is 0 Å². The lowest BCUT2D eigenvalue weighted by atomic mass is 9.89. The van der Waals surface area contributed by atoms with E-state index in [0.717, 1.165) is 34.0 Å². The summed E-state index contributed by atoms with van der Waals surface area (Å²) >= 11 is 0. The molecule has 0 saturated heterocycles. The summed E-state index contributed by atoms with van der Waals surface area (Å²) in [7, 11) is 5.18. The molecule has 1 heterocycles. The molecule has 8 nitrogen and oxygen atoms in total. The zero-order valence-electron chi connectivity index (χ0n) is 30.0. The number of hydrogen-bond donors (Lipinski definition) is 1. The van der Waals surface area contributed by atoms with Gasteiger partial charge in [0.25, 0.3) is 0 Å². The monoisotopic (exact) mass is 663 g/mol. The smallest absolute Gasteiger partial charge is 0.246 e. The zero-order chi connectivity index (χ0) is 35.6. The molecule has 0 aliphatic carbocycles. The van der Waals surface area contributed by atoms with Crippen LogP contribution in [0.5, 0.6) is 0 Å². The topological polar surface area (TPSA) is 99.8 Å². The van der Waals surface area contributed by atoms with E-state index in [1.54, 1.807) is 42.0 Å². The average molecular weight is 664 g/mol. The Morgan fingerprint density at radius 3 is 2.06 bits per heavy atom. The lowest BCUT2D eigenvalue weighted by Crippen LogP contribution is -2.56. The van der Waals surface area contributed by atoms with Crippen LogP contribution in [0.15, 0.2) is 97.2 Å². The van der Waals surface area contributed by atoms with Crippen LogP contribution in [0.2, 0.25) is 0 Å². The molecule has 2 N–H and O–H groups in total. The van der Waals surface area contributed by atoms with Gasteiger partial charge in [0.1, 0.15) is 12.1 Å². The fourth-order valence-electron chi connectivity index (χ4n) is 6.51. The number of hydrogen-bond acceptors (Lipinski definition) is 5. The Balaban J connectivity index is 1.61. The fraction of sp³-hybridized carbons (Fsp3) is 0.415. The van der Waals surface area contributed by atoms with Gasteiger partial charge >= 0.3 is 0 Å². The second kappa shape index (κ2) is 17.2. The maximum atomic E-state index is 14.7. The fourth-order valence-corrected chi connectivity index (χ4v) is 6.51. The highest BCUT2D eigenvalue weighted by Gasteiger charge is 2.36. The number of nitrogens with two attached hydrogens (primary N) is 1. The first-order valence-electron chi connectivity index (χ1n) is 17.3. The minimum absolute atomic E-state index is 0.104. The van der Waals surface area contributed by atoms with Gasteiger partial charge in [-0.25, -0.2) is 0 Å². The normalized spacial score (nSPS) is 13.4. The minimum atomic E-state index is -0.801. The van der Waals surface area contributed by atoms with E-state index in [2.05, 4.69) is 24.0 Å². The summed E-state index contributed by atoms with van der Waals surface area (Å²) < 4.78 is 0. The Hall–Kier alpha value is -4.56. The van der Waals surface area contributed by atoms with Crippen LogP contribution in [-0.4, -0.2) is 82.7 Å². The first-order valence-corrected chi connectivity index (χ1v) is 17.3. The molecule has 49 heavy (non-hydrogen) atoms. The van der Waals surface area contributed by atoms with Gasteiger partial charge in [0.05, 0.1) is 0 Å². The number of rotatable bonds is 16. The molecule has 0 saturated carbocycles. The number of nitrogens with zero attached hydrogens (tertiary/aromatic N) is 4. The third kappa shape index (κ3) is 11.0. The highest BCUT2D eigenvalue weighted by atomic mass is 16.2. The lowest BCUT2D eigenvalue weighted by Gasteiger charge is -2.36. The molecule has 3 atom stereocenters. The molecule has 0 fully saturated rings. The maximum absolute atomic E-state index is 14.7. The van der Waals surface area contributed by atoms with Crippen molar-refractivity contribution in [2.45, 2.75) is 76.9 Å². The highest BCUT2D eigenvalue weighted by molar-refractivity contribution is 5.92. The molecule has 1 aromatic heterocycles. The molecule has 0 bridgehead atoms. The van der Waals surface area contributed by atoms with Crippen molar-refractivity contribution in [2.75, 3.05) is 27.7 Å². The van der Waals surface area contributed by atoms with Crippen LogP contribution >= 0.6 is 0 Å². The molecule has 4 aromatic rings. The number of benzene rings is 3. The molecule has 4 rings (SSSR count). The van der Waals surface area contributed by atoms with E-state index >= 15 is 0 Å². The molecule has 0 radical (unpaired) electrons. The van der Waals surface area contributed by atoms with Gasteiger partial charge in [-0.3, -0.25) is 19.4 Å². The van der Waals surface area contributed by atoms with E-state index < -0.39 is 12.1 Å². The van der Waals surface area contributed by atoms with E-state index in [9.17, 15) is 14.4 Å². The van der Waals surface area contributed by atoms with E-state index in [-0.39, 0.29) is 29.2 Å². The summed E-state index contributed by atoms with van der Waals surface area (Å²) in [6, 6.07) is 28.2. The Morgan fingerprint density at radius 1 is 0.755 bits per heavy atom. The Kier molecular flexibility index (Phi) is 13.1. The SMILES string of the molecule is CC(CCC(=O)N(C)[C@H](Cc1ccc2ccccc2c1)C(=O)N(C)C(Cc1ccccc1)C(=O)N(C)CCc1ccccn1)CC(C)(C)N. The summed E-state index contributed by atoms with van der Waals surface area (Å²) in [5.74, 6) is -0.281. The minimum Gasteiger partial charge on any atom is -0.344 e. The Bertz CT molecular complexity index is 1670. The van der Waals surface area contributed by atoms with Crippen LogP contribution in [0.3, 0.4) is 0 Å². The third-order valence-electron chi connectivity index (χ3n) is 9.29. The van der Waals surface area contributed by atoms with Gasteiger partial charge in [-0.2, -0.15) is 0 Å². The molecule has 0 aliphatic rings. The predicted octanol–water partition coefficient (Wildman–Crippen LogP) is 5.92. The van der Waals surface area contributed by atoms with Crippen LogP contribution < -0.4 is 5.73 Å². The van der Waals surface area contributed by atoms with Crippen molar-refractivity contribution in [1.29, 1.82) is 0 Å². The number of carbonyl (C=O) groups is 3. The summed E-state index contributed by atoms with van der Waals surface area (Å²) in [6.45, 7) is 6.56. The van der Waals surface area contributed by atoms with Crippen molar-refractivity contribution in [3.63, 3.8) is 0 Å². The predicted molar refractivity (Wildman–Crippen MR) is 198 cm³/mol. The van der Waals surface area contributed by atoms with Gasteiger partial charge in [0, 0.05) is 70.8 Å². The second-order valence-corrected chi connectivity index (χ2v) is 14.2. The van der Waals surface area contributed by atoms with Crippen molar-refractivity contribution in [3.8, 4) is 0 Å². The summed E-state index contributed by atoms with van der Waals surface area (Å²) in [6.07, 6.45) is 4.79. The first-order chi connectivity index (χ1) is 23.3. The van der Waals surface area contributed by atoms with Crippen LogP contribution in [0.25, 0.3) is 10.8 Å². The molecule has 2 unspecified atom stereocenters. The van der Waals surface area contributed by atoms with Crippen molar-refractivity contribution in [3.05, 3.63) is 114 Å². The largest absolute Gasteiger partial charge is 0.344 e. The summed E-state index contributed by atoms with van der Waals surface area (Å²) in [4.78, 5) is 51.8. The van der Waals surface area contributed by atoms with Crippen LogP contribution in [-0.2, 0) is 33.6 Å². The van der Waals surface area contributed by atoms with Crippen molar-refractivity contribution >= 4 is 28.5 Å². The molecular formula is C41H53N5O3. The van der Waals surface area contributed by atoms with Crippen LogP contribution in [0.1, 0.15) is 56.9 Å². The van der Waals surface area contributed by atoms with Crippen LogP contribution in [0.4, 0.5) is 0 Å². The summed E-state index contributed by atoms with van der Waals surface area (Å²) in [5.41, 5.74) is 8.72. The van der Waals surface area contributed by atoms with Gasteiger partial charge in [-0.05, 0) is 66.6 Å². The van der Waals surface area contributed by atoms with Crippen molar-refractivity contribution in [2.24, 2.45) is 11.7 Å². The van der Waals surface area contributed by atoms with E-state index in [0.29, 0.717) is 38.6 Å². The van der Waals surface area contributed by atoms with Crippen LogP contribution in [0, 0.1) is 5.92 Å². The third-order valence-corrected chi connectivity index (χ3v) is 9.29. The van der Waals surface area contributed by atoms with Crippen molar-refractivity contribution in [1.82, 2.24) is 19.7 Å². The Labute approximate surface area is 292 Å². The molecule has 3 amide bonds. The maximum Gasteiger partial charge on any atom is 0.246 e. The molecule has 260 valence electrons. The lowest BCUT2D eigenvalue weighted by molar-refractivity contribution is -0.149. The van der Waals surface area contributed by atoms with Crippen molar-refractivity contribution < 1.29 is 14.4 Å². The highest BCUT2D eigenvalue weighted by Crippen LogP contribution is 2.23. The molecule has 0 spiro atoms. The van der Waals surface area contributed by atoms with Gasteiger partial charge in [0.2, 0.25) is 17.7 Å². The second-order valence-electron chi connectivity index (χ2n) is 14.2. The molecule has 0 aliphatic heterocycles. The van der Waals surface area contributed by atoms with Gasteiger partial charge < -0.3 is 20.4 Å². The number of fused-ring (bicyclic) bond motifs is 1. The van der Waals surface area contributed by atoms with Gasteiger partial charge in [-0.15, -0.1) is 0 Å². The standard InChI is InChI=1S/C41H53N5O3/c1-30(29-41(2,3)42)19-22-38(47)45(5)37(28-32-20-21-33-16-10-11-17-34(33)26-32)40(49)46(6)36(27-31-14-8-7-9-15-31)39(48)44(4)25-23-35-18-12-13-24-43-35/h7-18,20-21,24,26,30,36-37H,19,22-23,25,27-29,42H2,1-6H3/t30?,36?,37-/m1/s1. The van der Waals surface area contributed by atoms with E-state index in [1.165, 1.54) is 0 Å². The molecule has 8 heteroatoms. The molecular weight excluding hydrogens is 610 g/mol. The van der Waals surface area contributed by atoms with E-state index in [1.807, 2.05) is 92.7 Å². The number of amides is 3. The zero-order valence-corrected chi connectivity index (χ0v) is 30.0. The number of carbonyl (C=O) groups excluding carboxylic acids is 3. The number of aromatic nitrogens is 1. The molecule has 3 aromatic carbocycles. The van der Waals surface area contributed by atoms with E-state index in [4.69, 9.17) is 5.73 Å². The quantitative estimate of drug-likeness (QED) is 0.161. The summed E-state index contributed by atoms with van der Waals surface area (Å²) in [5, 5.41) is 2.17. The number of likely N-dealkylation sites (N-methyl/N-ethyl adjacent to an activating group) is 3. The first kappa shape index (κ1) is 37.3. The number of pyridine rings is 1. The van der Waals surface area contributed by atoms with Gasteiger partial charge in [-0.1, -0.05) is 85.8 Å². The Morgan fingerprint density at radius 2 is 1.39 bits per heavy atom.